The monoisotopic (exact) mass is 347 g/mol. The molecule has 0 aromatic heterocycles. The van der Waals surface area contributed by atoms with E-state index < -0.39 is 9.84 Å². The first-order valence-corrected chi connectivity index (χ1v) is 9.95. The maximum atomic E-state index is 10.9. The van der Waals surface area contributed by atoms with Crippen LogP contribution in [-0.4, -0.2) is 14.7 Å². The smallest absolute Gasteiger partial charge is 0.175 e. The van der Waals surface area contributed by atoms with Gasteiger partial charge >= 0.3 is 0 Å². The second kappa shape index (κ2) is 13.3. The standard InChI is InChI=1S/C8H7N.C8H10O2S.2C2H6/c1-7-3-2-4-8(5-7)6-9;1-7-3-5-8(6-4-7)11(2,9)10;2*1-2/h2-5H,1H3;3-6H,1-2H3;2*1-2H3. The number of nitrogens with zero attached hydrogens (tertiary/aromatic N) is 1. The first-order chi connectivity index (χ1) is 11.3. The Labute approximate surface area is 147 Å². The van der Waals surface area contributed by atoms with Crippen molar-refractivity contribution in [3.63, 3.8) is 0 Å². The summed E-state index contributed by atoms with van der Waals surface area (Å²) in [6, 6.07) is 16.4. The second-order valence-corrected chi connectivity index (χ2v) is 6.58. The number of rotatable bonds is 1. The summed E-state index contributed by atoms with van der Waals surface area (Å²) in [5, 5.41) is 8.41. The minimum Gasteiger partial charge on any atom is -0.224 e. The van der Waals surface area contributed by atoms with Crippen LogP contribution in [0.25, 0.3) is 0 Å². The molecule has 4 heteroatoms. The van der Waals surface area contributed by atoms with E-state index in [2.05, 4.69) is 6.07 Å². The molecule has 0 radical (unpaired) electrons. The Morgan fingerprint density at radius 2 is 1.33 bits per heavy atom. The highest BCUT2D eigenvalue weighted by Gasteiger charge is 2.04. The fourth-order valence-electron chi connectivity index (χ4n) is 1.50. The maximum absolute atomic E-state index is 10.9. The van der Waals surface area contributed by atoms with Crippen molar-refractivity contribution in [2.45, 2.75) is 46.4 Å². The highest BCUT2D eigenvalue weighted by Crippen LogP contribution is 2.08. The Morgan fingerprint density at radius 1 is 0.833 bits per heavy atom. The van der Waals surface area contributed by atoms with Crippen molar-refractivity contribution in [1.29, 1.82) is 5.26 Å². The van der Waals surface area contributed by atoms with Gasteiger partial charge in [0.25, 0.3) is 0 Å². The molecule has 3 nitrogen and oxygen atoms in total. The number of aryl methyl sites for hydroxylation is 2. The van der Waals surface area contributed by atoms with Gasteiger partial charge in [-0.25, -0.2) is 8.42 Å². The summed E-state index contributed by atoms with van der Waals surface area (Å²) in [6.45, 7) is 11.9. The van der Waals surface area contributed by atoms with Crippen LogP contribution in [0.2, 0.25) is 0 Å². The maximum Gasteiger partial charge on any atom is 0.175 e. The quantitative estimate of drug-likeness (QED) is 0.701. The fraction of sp³-hybridized carbons (Fsp3) is 0.350. The molecule has 0 bridgehead atoms. The van der Waals surface area contributed by atoms with Crippen LogP contribution in [0.5, 0.6) is 0 Å². The van der Waals surface area contributed by atoms with Gasteiger partial charge in [0.1, 0.15) is 0 Å². The molecule has 2 aromatic rings. The Kier molecular flexibility index (Phi) is 13.4. The summed E-state index contributed by atoms with van der Waals surface area (Å²) in [7, 11) is -3.02. The van der Waals surface area contributed by atoms with E-state index in [1.807, 2.05) is 59.7 Å². The van der Waals surface area contributed by atoms with Crippen molar-refractivity contribution in [1.82, 2.24) is 0 Å². The molecule has 0 aliphatic heterocycles. The van der Waals surface area contributed by atoms with E-state index in [0.29, 0.717) is 4.90 Å². The first-order valence-electron chi connectivity index (χ1n) is 8.06. The average Bonchev–Trinajstić information content (AvgIpc) is 2.58. The summed E-state index contributed by atoms with van der Waals surface area (Å²) >= 11 is 0. The van der Waals surface area contributed by atoms with Gasteiger partial charge in [0, 0.05) is 6.26 Å². The topological polar surface area (TPSA) is 57.9 Å². The third kappa shape index (κ3) is 10.6. The van der Waals surface area contributed by atoms with E-state index in [-0.39, 0.29) is 0 Å². The van der Waals surface area contributed by atoms with Crippen LogP contribution in [0.4, 0.5) is 0 Å². The van der Waals surface area contributed by atoms with Crippen LogP contribution in [-0.2, 0) is 9.84 Å². The van der Waals surface area contributed by atoms with Crippen LogP contribution in [0.15, 0.2) is 53.4 Å². The lowest BCUT2D eigenvalue weighted by Gasteiger charge is -1.96. The Morgan fingerprint density at radius 3 is 1.67 bits per heavy atom. The molecule has 0 spiro atoms. The highest BCUT2D eigenvalue weighted by atomic mass is 32.2. The van der Waals surface area contributed by atoms with Crippen molar-refractivity contribution in [2.24, 2.45) is 0 Å². The molecule has 0 aliphatic rings. The number of benzene rings is 2. The van der Waals surface area contributed by atoms with Gasteiger partial charge in [-0.3, -0.25) is 0 Å². The normalized spacial score (nSPS) is 8.92. The molecule has 0 fully saturated rings. The third-order valence-corrected chi connectivity index (χ3v) is 3.72. The summed E-state index contributed by atoms with van der Waals surface area (Å²) in [4.78, 5) is 0.378. The van der Waals surface area contributed by atoms with Crippen LogP contribution in [0.3, 0.4) is 0 Å². The van der Waals surface area contributed by atoms with Crippen LogP contribution >= 0.6 is 0 Å². The van der Waals surface area contributed by atoms with E-state index in [1.54, 1.807) is 30.3 Å². The molecule has 0 saturated heterocycles. The van der Waals surface area contributed by atoms with Crippen LogP contribution in [0, 0.1) is 25.2 Å². The molecule has 0 amide bonds. The van der Waals surface area contributed by atoms with Crippen molar-refractivity contribution >= 4 is 9.84 Å². The first kappa shape index (κ1) is 24.1. The molecule has 0 saturated carbocycles. The van der Waals surface area contributed by atoms with E-state index in [1.165, 1.54) is 6.26 Å². The third-order valence-electron chi connectivity index (χ3n) is 2.60. The Hall–Kier alpha value is -2.12. The molecule has 0 atom stereocenters. The summed E-state index contributed by atoms with van der Waals surface area (Å²) in [5.74, 6) is 0. The fourth-order valence-corrected chi connectivity index (χ4v) is 2.13. The molecule has 24 heavy (non-hydrogen) atoms. The van der Waals surface area contributed by atoms with Gasteiger partial charge in [-0.05, 0) is 43.7 Å². The second-order valence-electron chi connectivity index (χ2n) is 4.57. The van der Waals surface area contributed by atoms with Gasteiger partial charge in [0.2, 0.25) is 0 Å². The molecular formula is C20H29NO2S. The highest BCUT2D eigenvalue weighted by molar-refractivity contribution is 7.90. The van der Waals surface area contributed by atoms with Gasteiger partial charge in [-0.2, -0.15) is 5.26 Å². The van der Waals surface area contributed by atoms with Crippen LogP contribution < -0.4 is 0 Å². The predicted octanol–water partition coefficient (Wildman–Crippen LogP) is 5.32. The van der Waals surface area contributed by atoms with Gasteiger partial charge in [-0.1, -0.05) is 57.5 Å². The zero-order valence-electron chi connectivity index (χ0n) is 15.8. The molecular weight excluding hydrogens is 318 g/mol. The molecule has 0 N–H and O–H groups in total. The Balaban J connectivity index is 0. The van der Waals surface area contributed by atoms with Gasteiger partial charge in [0.05, 0.1) is 16.5 Å². The number of hydrogen-bond donors (Lipinski definition) is 0. The molecule has 0 heterocycles. The SMILES string of the molecule is CC.CC.Cc1ccc(S(C)(=O)=O)cc1.Cc1cccc(C#N)c1. The van der Waals surface area contributed by atoms with Crippen molar-refractivity contribution < 1.29 is 8.42 Å². The minimum absolute atomic E-state index is 0.378. The lowest BCUT2D eigenvalue weighted by atomic mass is 10.2. The molecule has 132 valence electrons. The van der Waals surface area contributed by atoms with Gasteiger partial charge < -0.3 is 0 Å². The van der Waals surface area contributed by atoms with E-state index >= 15 is 0 Å². The zero-order chi connectivity index (χ0) is 19.2. The zero-order valence-corrected chi connectivity index (χ0v) is 16.6. The lowest BCUT2D eigenvalue weighted by molar-refractivity contribution is 0.602. The van der Waals surface area contributed by atoms with E-state index in [9.17, 15) is 8.42 Å². The number of hydrogen-bond acceptors (Lipinski definition) is 3. The largest absolute Gasteiger partial charge is 0.224 e. The summed E-state index contributed by atoms with van der Waals surface area (Å²) < 4.78 is 21.9. The van der Waals surface area contributed by atoms with E-state index in [4.69, 9.17) is 5.26 Å². The van der Waals surface area contributed by atoms with Gasteiger partial charge in [0.15, 0.2) is 9.84 Å². The van der Waals surface area contributed by atoms with Crippen molar-refractivity contribution in [2.75, 3.05) is 6.26 Å². The lowest BCUT2D eigenvalue weighted by Crippen LogP contribution is -1.95. The molecule has 2 rings (SSSR count). The predicted molar refractivity (Wildman–Crippen MR) is 103 cm³/mol. The van der Waals surface area contributed by atoms with Crippen molar-refractivity contribution in [3.8, 4) is 6.07 Å². The van der Waals surface area contributed by atoms with E-state index in [0.717, 1.165) is 16.7 Å². The molecule has 2 aromatic carbocycles. The number of nitriles is 1. The molecule has 0 aliphatic carbocycles. The Bertz CT molecular complexity index is 712. The van der Waals surface area contributed by atoms with Gasteiger partial charge in [-0.15, -0.1) is 0 Å². The number of sulfone groups is 1. The average molecular weight is 348 g/mol. The minimum atomic E-state index is -3.02. The summed E-state index contributed by atoms with van der Waals surface area (Å²) in [6.07, 6.45) is 1.21. The summed E-state index contributed by atoms with van der Waals surface area (Å²) in [5.41, 5.74) is 2.93. The van der Waals surface area contributed by atoms with Crippen LogP contribution in [0.1, 0.15) is 44.4 Å². The molecule has 0 unspecified atom stereocenters. The van der Waals surface area contributed by atoms with Crippen molar-refractivity contribution in [3.05, 3.63) is 65.2 Å².